The van der Waals surface area contributed by atoms with Gasteiger partial charge in [-0.15, -0.1) is 0 Å². The number of carbonyl (C=O) groups is 6. The van der Waals surface area contributed by atoms with Crippen molar-refractivity contribution in [2.75, 3.05) is 59.9 Å². The van der Waals surface area contributed by atoms with Crippen molar-refractivity contribution in [2.45, 2.75) is 363 Å². The number of Topliss-reactive ketones (excluding diaryl/α,β-unsaturated/α-hetero) is 1. The van der Waals surface area contributed by atoms with Crippen LogP contribution in [0.4, 0.5) is 4.79 Å². The van der Waals surface area contributed by atoms with E-state index < -0.39 is 132 Å². The van der Waals surface area contributed by atoms with Crippen LogP contribution in [0.15, 0.2) is 28.8 Å². The molecule has 0 radical (unpaired) electrons. The highest BCUT2D eigenvalue weighted by molar-refractivity contribution is 5.75. The van der Waals surface area contributed by atoms with Crippen LogP contribution in [0.2, 0.25) is 0 Å². The molecule has 6 aliphatic carbocycles. The Bertz CT molecular complexity index is 4220. The maximum atomic E-state index is 15.6. The first kappa shape index (κ1) is 95.0. The summed E-state index contributed by atoms with van der Waals surface area (Å²) >= 11 is 0. The fourth-order valence-electron chi connectivity index (χ4n) is 24.3. The summed E-state index contributed by atoms with van der Waals surface area (Å²) < 4.78 is 36.7. The van der Waals surface area contributed by atoms with Crippen molar-refractivity contribution in [3.05, 3.63) is 62.9 Å². The third kappa shape index (κ3) is 24.9. The number of esters is 2. The van der Waals surface area contributed by atoms with Gasteiger partial charge in [0.2, 0.25) is 11.8 Å². The van der Waals surface area contributed by atoms with Crippen LogP contribution < -0.4 is 50.1 Å². The van der Waals surface area contributed by atoms with Crippen LogP contribution in [-0.2, 0) is 47.7 Å². The van der Waals surface area contributed by atoms with E-state index in [1.807, 2.05) is 0 Å². The highest BCUT2D eigenvalue weighted by atomic mass is 16.7. The first-order chi connectivity index (χ1) is 53.0. The lowest BCUT2D eigenvalue weighted by Crippen LogP contribution is -2.60. The number of hydrogen-bond donors (Lipinski definition) is 3. The van der Waals surface area contributed by atoms with E-state index in [9.17, 15) is 28.8 Å². The Hall–Kier alpha value is -6.44. The van der Waals surface area contributed by atoms with Crippen LogP contribution in [0.25, 0.3) is 0 Å². The average molecular weight is 1630 g/mol. The SMILES string of the molecule is COCNCC1(C)CC(n2c(=O)n(C3CC(C)(C)CC(C)(CCC(C)=O)C3)c(=O)n(C3CC(C)(C)CC(C)(CCC(=O)OCC(C)(C)COC(=O)OCC(C)(C)COC(=O)CCC4(C)CC(n5c(=O)n(C6CC(C)(C)CC(C)(CNC(C)=O)C6)c(=O)n(C6CC(C)(C)CC(C)(CNC(C)=O)C6)c5=O)CC(C)(C)C4)C3)c2=O)CC(C)(C)C1. The minimum Gasteiger partial charge on any atom is -0.465 e. The molecule has 3 N–H and O–H groups in total. The molecule has 2 aromatic rings. The molecule has 2 aromatic heterocycles. The van der Waals surface area contributed by atoms with Crippen molar-refractivity contribution >= 4 is 35.7 Å². The zero-order chi connectivity index (χ0) is 87.1. The van der Waals surface area contributed by atoms with Gasteiger partial charge in [-0.25, -0.2) is 61.0 Å². The summed E-state index contributed by atoms with van der Waals surface area (Å²) in [7, 11) is 1.63. The van der Waals surface area contributed by atoms with Gasteiger partial charge in [0.25, 0.3) is 0 Å². The van der Waals surface area contributed by atoms with E-state index in [0.717, 1.165) is 25.7 Å². The molecule has 0 bridgehead atoms. The van der Waals surface area contributed by atoms with Crippen LogP contribution in [-0.4, -0.2) is 123 Å². The van der Waals surface area contributed by atoms with Gasteiger partial charge in [0, 0.05) is 107 Å². The Labute approximate surface area is 690 Å². The molecule has 0 aromatic carbocycles. The van der Waals surface area contributed by atoms with E-state index in [4.69, 9.17) is 23.7 Å². The predicted octanol–water partition coefficient (Wildman–Crippen LogP) is 14.6. The Morgan fingerprint density at radius 2 is 0.560 bits per heavy atom. The molecule has 6 fully saturated rings. The monoisotopic (exact) mass is 1630 g/mol. The number of ketones is 1. The van der Waals surface area contributed by atoms with Gasteiger partial charge < -0.3 is 39.1 Å². The summed E-state index contributed by atoms with van der Waals surface area (Å²) in [6, 6.07) is -3.47. The van der Waals surface area contributed by atoms with Crippen molar-refractivity contribution < 1.29 is 52.5 Å². The Morgan fingerprint density at radius 1 is 0.336 bits per heavy atom. The van der Waals surface area contributed by atoms with E-state index >= 15 is 28.8 Å². The molecule has 12 unspecified atom stereocenters. The standard InChI is InChI=1S/C90H151N9O17/c1-59(100)27-30-85(20)39-62(33-77(4,5)45-85)94-70(105)95(72(107)97(71(94)106)65-36-80(10,11)48-88(23,42-65)51-91-58-112-26)63-34-78(6,7)46-86(21,40-63)31-28-68(103)113-54-83(16,17)56-115-76(111)116-57-84(18,19)55-114-69(104)29-32-87(22)41-64(35-79(8,9)47-87)96-73(108)98(66-37-81(12,13)49-89(24,43-66)52-92-60(2)101)75(110)99(74(96)109)67-38-82(14,15)50-90(25,44-67)53-93-61(3)102/h62-67,91H,27-58H2,1-26H3,(H,92,101)(H,93,102). The van der Waals surface area contributed by atoms with Gasteiger partial charge in [-0.05, 0) is 207 Å². The van der Waals surface area contributed by atoms with Crippen LogP contribution in [0, 0.1) is 75.8 Å². The van der Waals surface area contributed by atoms with Crippen LogP contribution in [0.5, 0.6) is 0 Å². The van der Waals surface area contributed by atoms with Gasteiger partial charge >= 0.3 is 52.2 Å². The first-order valence-corrected chi connectivity index (χ1v) is 43.2. The molecular formula is C90H151N9O17. The zero-order valence-electron chi connectivity index (χ0n) is 76.2. The molecule has 2 amide bonds. The normalized spacial score (nSPS) is 30.8. The molecule has 6 aliphatic rings. The zero-order valence-corrected chi connectivity index (χ0v) is 76.2. The maximum Gasteiger partial charge on any atom is 0.508 e. The van der Waals surface area contributed by atoms with Gasteiger partial charge in [-0.3, -0.25) is 24.5 Å². The van der Waals surface area contributed by atoms with Gasteiger partial charge in [0.05, 0.1) is 19.9 Å². The second kappa shape index (κ2) is 35.0. The molecule has 116 heavy (non-hydrogen) atoms. The lowest BCUT2D eigenvalue weighted by molar-refractivity contribution is -0.148. The number of nitrogens with one attached hydrogen (secondary N) is 3. The molecule has 12 atom stereocenters. The second-order valence-corrected chi connectivity index (χ2v) is 46.6. The van der Waals surface area contributed by atoms with Gasteiger partial charge in [0.1, 0.15) is 19.0 Å². The van der Waals surface area contributed by atoms with Crippen LogP contribution in [0.1, 0.15) is 363 Å². The predicted molar refractivity (Wildman–Crippen MR) is 450 cm³/mol. The van der Waals surface area contributed by atoms with Crippen molar-refractivity contribution in [2.24, 2.45) is 75.8 Å². The number of aromatic nitrogens is 6. The number of rotatable bonds is 31. The van der Waals surface area contributed by atoms with E-state index in [-0.39, 0.29) is 89.4 Å². The molecule has 0 saturated heterocycles. The highest BCUT2D eigenvalue weighted by Gasteiger charge is 2.52. The fourth-order valence-corrected chi connectivity index (χ4v) is 24.3. The summed E-state index contributed by atoms with van der Waals surface area (Å²) in [6.07, 6.45) is 11.0. The van der Waals surface area contributed by atoms with Crippen molar-refractivity contribution in [3.8, 4) is 0 Å². The van der Waals surface area contributed by atoms with E-state index in [1.54, 1.807) is 41.7 Å². The summed E-state index contributed by atoms with van der Waals surface area (Å²) in [5, 5.41) is 9.41. The largest absolute Gasteiger partial charge is 0.508 e. The lowest BCUT2D eigenvalue weighted by atomic mass is 9.61. The summed E-state index contributed by atoms with van der Waals surface area (Å²) in [5.74, 6) is -1.20. The number of methoxy groups -OCH3 is 1. The summed E-state index contributed by atoms with van der Waals surface area (Å²) in [5.41, 5.74) is -10.2. The van der Waals surface area contributed by atoms with Gasteiger partial charge in [0.15, 0.2) is 0 Å². The molecule has 8 rings (SSSR count). The smallest absolute Gasteiger partial charge is 0.465 e. The Kier molecular flexibility index (Phi) is 28.6. The van der Waals surface area contributed by atoms with Crippen molar-refractivity contribution in [1.82, 2.24) is 43.4 Å². The maximum absolute atomic E-state index is 15.6. The minimum atomic E-state index is -0.954. The second-order valence-electron chi connectivity index (χ2n) is 46.6. The summed E-state index contributed by atoms with van der Waals surface area (Å²) in [6.45, 7) is 51.2. The van der Waals surface area contributed by atoms with Gasteiger partial charge in [-0.1, -0.05) is 152 Å². The minimum absolute atomic E-state index is 0.0215. The Morgan fingerprint density at radius 3 is 0.802 bits per heavy atom. The first-order valence-electron chi connectivity index (χ1n) is 43.2. The van der Waals surface area contributed by atoms with Crippen LogP contribution >= 0.6 is 0 Å². The third-order valence-electron chi connectivity index (χ3n) is 26.9. The molecule has 6 saturated carbocycles. The molecular weight excluding hydrogens is 1480 g/mol. The highest BCUT2D eigenvalue weighted by Crippen LogP contribution is 2.58. The molecule has 2 heterocycles. The third-order valence-corrected chi connectivity index (χ3v) is 26.9. The molecule has 0 spiro atoms. The van der Waals surface area contributed by atoms with Crippen molar-refractivity contribution in [3.63, 3.8) is 0 Å². The fraction of sp³-hybridized carbons (Fsp3) is 0.867. The van der Waals surface area contributed by atoms with Crippen molar-refractivity contribution in [1.29, 1.82) is 0 Å². The number of ether oxygens (including phenoxy) is 5. The molecule has 26 nitrogen and oxygen atoms in total. The van der Waals surface area contributed by atoms with Gasteiger partial charge in [-0.2, -0.15) is 0 Å². The average Bonchev–Trinajstić information content (AvgIpc) is 0.730. The summed E-state index contributed by atoms with van der Waals surface area (Å²) in [4.78, 5) is 171. The number of amides is 2. The topological polar surface area (TPSA) is 317 Å². The number of hydrogen-bond acceptors (Lipinski definition) is 18. The number of nitrogens with zero attached hydrogens (tertiary/aromatic N) is 6. The van der Waals surface area contributed by atoms with Crippen LogP contribution in [0.3, 0.4) is 0 Å². The van der Waals surface area contributed by atoms with E-state index in [0.29, 0.717) is 142 Å². The molecule has 0 aliphatic heterocycles. The molecule has 658 valence electrons. The van der Waals surface area contributed by atoms with E-state index in [2.05, 4.69) is 141 Å². The molecule has 26 heteroatoms. The quantitative estimate of drug-likeness (QED) is 0.0273. The Balaban J connectivity index is 0.896. The lowest BCUT2D eigenvalue weighted by Gasteiger charge is -2.49. The van der Waals surface area contributed by atoms with E-state index in [1.165, 1.54) is 41.3 Å². The number of carbonyl (C=O) groups excluding carboxylic acids is 6.